The van der Waals surface area contributed by atoms with E-state index in [2.05, 4.69) is 17.0 Å². The summed E-state index contributed by atoms with van der Waals surface area (Å²) in [5.74, 6) is 0.461. The topological polar surface area (TPSA) is 70.2 Å². The molecular formula is C22H29N3O4S. The molecule has 0 aromatic heterocycles. The number of ether oxygens (including phenoxy) is 1. The highest BCUT2D eigenvalue weighted by Crippen LogP contribution is 2.24. The Bertz CT molecular complexity index is 971. The fourth-order valence-electron chi connectivity index (χ4n) is 3.63. The SMILES string of the molecule is CCN(CC(=O)N1CCN(c2ccccc2)CC1)S(=O)(=O)c1ccc(OC)c(C)c1. The number of rotatable bonds is 7. The highest BCUT2D eigenvalue weighted by molar-refractivity contribution is 7.89. The van der Waals surface area contributed by atoms with Gasteiger partial charge in [0.2, 0.25) is 15.9 Å². The van der Waals surface area contributed by atoms with Gasteiger partial charge in [0.1, 0.15) is 5.75 Å². The second kappa shape index (κ2) is 9.49. The minimum atomic E-state index is -3.77. The number of aryl methyl sites for hydroxylation is 1. The maximum atomic E-state index is 13.1. The van der Waals surface area contributed by atoms with Crippen molar-refractivity contribution in [3.05, 3.63) is 54.1 Å². The van der Waals surface area contributed by atoms with Crippen molar-refractivity contribution in [2.45, 2.75) is 18.7 Å². The number of carbonyl (C=O) groups excluding carboxylic acids is 1. The van der Waals surface area contributed by atoms with E-state index < -0.39 is 10.0 Å². The predicted molar refractivity (Wildman–Crippen MR) is 117 cm³/mol. The fraction of sp³-hybridized carbons (Fsp3) is 0.409. The van der Waals surface area contributed by atoms with Crippen LogP contribution in [0.5, 0.6) is 5.75 Å². The van der Waals surface area contributed by atoms with Crippen LogP contribution >= 0.6 is 0 Å². The lowest BCUT2D eigenvalue weighted by Crippen LogP contribution is -2.51. The first-order valence-corrected chi connectivity index (χ1v) is 11.5. The quantitative estimate of drug-likeness (QED) is 0.673. The molecule has 0 radical (unpaired) electrons. The summed E-state index contributed by atoms with van der Waals surface area (Å²) >= 11 is 0. The molecule has 0 aliphatic carbocycles. The van der Waals surface area contributed by atoms with Crippen molar-refractivity contribution in [2.24, 2.45) is 0 Å². The lowest BCUT2D eigenvalue weighted by atomic mass is 10.2. The molecule has 0 atom stereocenters. The third-order valence-corrected chi connectivity index (χ3v) is 7.34. The van der Waals surface area contributed by atoms with E-state index in [0.29, 0.717) is 18.8 Å². The molecule has 0 unspecified atom stereocenters. The molecule has 1 aliphatic rings. The number of benzene rings is 2. The average Bonchev–Trinajstić information content (AvgIpc) is 2.77. The number of methoxy groups -OCH3 is 1. The number of anilines is 1. The second-order valence-corrected chi connectivity index (χ2v) is 9.20. The smallest absolute Gasteiger partial charge is 0.243 e. The van der Waals surface area contributed by atoms with Gasteiger partial charge < -0.3 is 14.5 Å². The minimum Gasteiger partial charge on any atom is -0.496 e. The number of para-hydroxylation sites is 1. The lowest BCUT2D eigenvalue weighted by Gasteiger charge is -2.36. The number of sulfonamides is 1. The Labute approximate surface area is 178 Å². The third kappa shape index (κ3) is 4.76. The van der Waals surface area contributed by atoms with Gasteiger partial charge >= 0.3 is 0 Å². The number of amides is 1. The van der Waals surface area contributed by atoms with E-state index in [0.717, 1.165) is 24.3 Å². The van der Waals surface area contributed by atoms with E-state index in [-0.39, 0.29) is 23.9 Å². The summed E-state index contributed by atoms with van der Waals surface area (Å²) in [5.41, 5.74) is 1.87. The Morgan fingerprint density at radius 3 is 2.30 bits per heavy atom. The van der Waals surface area contributed by atoms with Crippen molar-refractivity contribution in [3.63, 3.8) is 0 Å². The van der Waals surface area contributed by atoms with Gasteiger partial charge in [-0.3, -0.25) is 4.79 Å². The van der Waals surface area contributed by atoms with E-state index >= 15 is 0 Å². The van der Waals surface area contributed by atoms with Gasteiger partial charge in [-0.1, -0.05) is 25.1 Å². The predicted octanol–water partition coefficient (Wildman–Crippen LogP) is 2.36. The van der Waals surface area contributed by atoms with Crippen LogP contribution < -0.4 is 9.64 Å². The lowest BCUT2D eigenvalue weighted by molar-refractivity contribution is -0.131. The molecule has 0 spiro atoms. The number of hydrogen-bond acceptors (Lipinski definition) is 5. The zero-order valence-electron chi connectivity index (χ0n) is 17.7. The second-order valence-electron chi connectivity index (χ2n) is 7.27. The molecule has 7 nitrogen and oxygen atoms in total. The molecule has 1 fully saturated rings. The Balaban J connectivity index is 1.65. The molecule has 1 heterocycles. The van der Waals surface area contributed by atoms with Crippen LogP contribution in [0.15, 0.2) is 53.4 Å². The Morgan fingerprint density at radius 1 is 1.07 bits per heavy atom. The largest absolute Gasteiger partial charge is 0.496 e. The summed E-state index contributed by atoms with van der Waals surface area (Å²) in [4.78, 5) is 17.0. The monoisotopic (exact) mass is 431 g/mol. The third-order valence-electron chi connectivity index (χ3n) is 5.42. The first-order chi connectivity index (χ1) is 14.4. The van der Waals surface area contributed by atoms with Crippen molar-refractivity contribution < 1.29 is 17.9 Å². The number of likely N-dealkylation sites (N-methyl/N-ethyl adjacent to an activating group) is 1. The molecule has 1 saturated heterocycles. The van der Waals surface area contributed by atoms with E-state index in [4.69, 9.17) is 4.74 Å². The number of nitrogens with zero attached hydrogens (tertiary/aromatic N) is 3. The standard InChI is InChI=1S/C22H29N3O4S/c1-4-25(30(27,28)20-10-11-21(29-3)18(2)16-20)17-22(26)24-14-12-23(13-15-24)19-8-6-5-7-9-19/h5-11,16H,4,12-15,17H2,1-3H3. The first kappa shape index (κ1) is 22.1. The first-order valence-electron chi connectivity index (χ1n) is 10.1. The number of carbonyl (C=O) groups is 1. The van der Waals surface area contributed by atoms with Gasteiger partial charge in [0.05, 0.1) is 18.6 Å². The van der Waals surface area contributed by atoms with Crippen LogP contribution in [0.2, 0.25) is 0 Å². The van der Waals surface area contributed by atoms with Crippen LogP contribution in [0.4, 0.5) is 5.69 Å². The maximum Gasteiger partial charge on any atom is 0.243 e. The molecule has 2 aromatic rings. The zero-order chi connectivity index (χ0) is 21.7. The van der Waals surface area contributed by atoms with Crippen LogP contribution in [0, 0.1) is 6.92 Å². The minimum absolute atomic E-state index is 0.157. The van der Waals surface area contributed by atoms with Crippen molar-refractivity contribution in [1.82, 2.24) is 9.21 Å². The number of hydrogen-bond donors (Lipinski definition) is 0. The Morgan fingerprint density at radius 2 is 1.73 bits per heavy atom. The molecule has 1 amide bonds. The van der Waals surface area contributed by atoms with Crippen LogP contribution in [-0.4, -0.2) is 69.9 Å². The van der Waals surface area contributed by atoms with Crippen molar-refractivity contribution in [3.8, 4) is 5.75 Å². The molecule has 0 saturated carbocycles. The normalized spacial score (nSPS) is 14.8. The molecular weight excluding hydrogens is 402 g/mol. The Hall–Kier alpha value is -2.58. The van der Waals surface area contributed by atoms with Gasteiger partial charge in [0.15, 0.2) is 0 Å². The highest BCUT2D eigenvalue weighted by atomic mass is 32.2. The fourth-order valence-corrected chi connectivity index (χ4v) is 5.12. The molecule has 3 rings (SSSR count). The molecule has 8 heteroatoms. The van der Waals surface area contributed by atoms with Crippen LogP contribution in [0.25, 0.3) is 0 Å². The van der Waals surface area contributed by atoms with Gasteiger partial charge in [-0.15, -0.1) is 0 Å². The maximum absolute atomic E-state index is 13.1. The van der Waals surface area contributed by atoms with Gasteiger partial charge in [-0.2, -0.15) is 4.31 Å². The molecule has 162 valence electrons. The summed E-state index contributed by atoms with van der Waals surface area (Å²) in [6, 6.07) is 14.8. The van der Waals surface area contributed by atoms with Crippen molar-refractivity contribution in [1.29, 1.82) is 0 Å². The zero-order valence-corrected chi connectivity index (χ0v) is 18.6. The van der Waals surface area contributed by atoms with Crippen molar-refractivity contribution in [2.75, 3.05) is 51.3 Å². The molecule has 1 aliphatic heterocycles. The van der Waals surface area contributed by atoms with Crippen LogP contribution in [0.3, 0.4) is 0 Å². The van der Waals surface area contributed by atoms with E-state index in [9.17, 15) is 13.2 Å². The van der Waals surface area contributed by atoms with Gasteiger partial charge in [-0.25, -0.2) is 8.42 Å². The highest BCUT2D eigenvalue weighted by Gasteiger charge is 2.29. The summed E-state index contributed by atoms with van der Waals surface area (Å²) in [6.07, 6.45) is 0. The molecule has 2 aromatic carbocycles. The van der Waals surface area contributed by atoms with Crippen LogP contribution in [0.1, 0.15) is 12.5 Å². The van der Waals surface area contributed by atoms with Gasteiger partial charge in [0, 0.05) is 38.4 Å². The number of piperazine rings is 1. The van der Waals surface area contributed by atoms with E-state index in [1.807, 2.05) is 18.2 Å². The van der Waals surface area contributed by atoms with E-state index in [1.54, 1.807) is 38.0 Å². The molecule has 30 heavy (non-hydrogen) atoms. The molecule has 0 N–H and O–H groups in total. The Kier molecular flexibility index (Phi) is 6.99. The van der Waals surface area contributed by atoms with Crippen LogP contribution in [-0.2, 0) is 14.8 Å². The molecule has 0 bridgehead atoms. The summed E-state index contributed by atoms with van der Waals surface area (Å²) in [6.45, 7) is 6.22. The summed E-state index contributed by atoms with van der Waals surface area (Å²) in [7, 11) is -2.22. The van der Waals surface area contributed by atoms with Crippen molar-refractivity contribution >= 4 is 21.6 Å². The summed E-state index contributed by atoms with van der Waals surface area (Å²) < 4.78 is 32.6. The summed E-state index contributed by atoms with van der Waals surface area (Å²) in [5, 5.41) is 0. The average molecular weight is 432 g/mol. The van der Waals surface area contributed by atoms with Gasteiger partial charge in [0.25, 0.3) is 0 Å². The van der Waals surface area contributed by atoms with Gasteiger partial charge in [-0.05, 0) is 42.8 Å². The van der Waals surface area contributed by atoms with E-state index in [1.165, 1.54) is 10.4 Å².